The number of morpholine rings is 1. The molecule has 10 heteroatoms. The maximum Gasteiger partial charge on any atom is 0.225 e. The lowest BCUT2D eigenvalue weighted by Gasteiger charge is -2.29. The highest BCUT2D eigenvalue weighted by Gasteiger charge is 2.26. The van der Waals surface area contributed by atoms with Gasteiger partial charge in [-0.15, -0.1) is 0 Å². The molecule has 1 aliphatic heterocycles. The molecular formula is C33H30F3N5O2. The van der Waals surface area contributed by atoms with E-state index >= 15 is 4.39 Å². The van der Waals surface area contributed by atoms with Crippen molar-refractivity contribution < 1.29 is 22.7 Å². The van der Waals surface area contributed by atoms with Gasteiger partial charge in [0, 0.05) is 36.3 Å². The molecule has 3 aromatic carbocycles. The van der Waals surface area contributed by atoms with Crippen molar-refractivity contribution in [3.63, 3.8) is 0 Å². The molecule has 0 aliphatic carbocycles. The minimum Gasteiger partial charge on any atom is -0.375 e. The highest BCUT2D eigenvalue weighted by Crippen LogP contribution is 2.31. The van der Waals surface area contributed by atoms with Crippen molar-refractivity contribution >= 4 is 22.6 Å². The smallest absolute Gasteiger partial charge is 0.225 e. The molecule has 6 rings (SSSR count). The van der Waals surface area contributed by atoms with E-state index in [0.717, 1.165) is 23.1 Å². The number of H-pyrrole nitrogens is 1. The van der Waals surface area contributed by atoms with Gasteiger partial charge in [0.25, 0.3) is 0 Å². The van der Waals surface area contributed by atoms with E-state index < -0.39 is 29.3 Å². The molecule has 43 heavy (non-hydrogen) atoms. The van der Waals surface area contributed by atoms with Gasteiger partial charge in [0.15, 0.2) is 0 Å². The summed E-state index contributed by atoms with van der Waals surface area (Å²) in [5.41, 5.74) is 3.41. The van der Waals surface area contributed by atoms with Crippen LogP contribution in [0, 0.1) is 17.5 Å². The van der Waals surface area contributed by atoms with E-state index in [-0.39, 0.29) is 24.1 Å². The normalized spacial score (nSPS) is 17.6. The highest BCUT2D eigenvalue weighted by atomic mass is 19.1. The summed E-state index contributed by atoms with van der Waals surface area (Å²) in [7, 11) is 0. The molecule has 0 radical (unpaired) electrons. The average Bonchev–Trinajstić information content (AvgIpc) is 3.45. The third-order valence-electron chi connectivity index (χ3n) is 7.78. The molecule has 1 aliphatic rings. The third-order valence-corrected chi connectivity index (χ3v) is 7.78. The number of fused-ring (bicyclic) bond motifs is 1. The monoisotopic (exact) mass is 585 g/mol. The molecule has 5 aromatic rings. The first-order chi connectivity index (χ1) is 20.9. The van der Waals surface area contributed by atoms with Crippen LogP contribution in [0.2, 0.25) is 0 Å². The maximum atomic E-state index is 15.0. The number of amides is 1. The zero-order valence-electron chi connectivity index (χ0n) is 23.2. The second-order valence-electron chi connectivity index (χ2n) is 10.6. The number of rotatable bonds is 9. The molecule has 0 spiro atoms. The van der Waals surface area contributed by atoms with Crippen LogP contribution in [0.4, 0.5) is 18.9 Å². The number of nitrogens with one attached hydrogen (secondary N) is 3. The second kappa shape index (κ2) is 12.8. The number of aromatic nitrogens is 3. The highest BCUT2D eigenvalue weighted by molar-refractivity contribution is 5.92. The Morgan fingerprint density at radius 2 is 1.84 bits per heavy atom. The summed E-state index contributed by atoms with van der Waals surface area (Å²) in [5, 5.41) is 6.29. The Labute approximate surface area is 246 Å². The van der Waals surface area contributed by atoms with Gasteiger partial charge in [0.1, 0.15) is 23.3 Å². The van der Waals surface area contributed by atoms with E-state index in [9.17, 15) is 13.6 Å². The number of benzene rings is 3. The lowest BCUT2D eigenvalue weighted by Crippen LogP contribution is -2.41. The molecule has 1 fully saturated rings. The predicted molar refractivity (Wildman–Crippen MR) is 157 cm³/mol. The maximum absolute atomic E-state index is 15.0. The zero-order valence-corrected chi connectivity index (χ0v) is 23.2. The minimum atomic E-state index is -0.693. The van der Waals surface area contributed by atoms with E-state index in [2.05, 4.69) is 25.6 Å². The molecular weight excluding hydrogens is 555 g/mol. The van der Waals surface area contributed by atoms with Crippen molar-refractivity contribution in [3.05, 3.63) is 125 Å². The zero-order chi connectivity index (χ0) is 29.8. The summed E-state index contributed by atoms with van der Waals surface area (Å²) in [6.45, 7) is 0.983. The molecule has 0 saturated carbocycles. The van der Waals surface area contributed by atoms with Crippen LogP contribution in [-0.2, 0) is 16.0 Å². The van der Waals surface area contributed by atoms with Crippen molar-refractivity contribution in [2.75, 3.05) is 18.5 Å². The van der Waals surface area contributed by atoms with Gasteiger partial charge in [-0.2, -0.15) is 0 Å². The molecule has 3 atom stereocenters. The first kappa shape index (κ1) is 28.6. The summed E-state index contributed by atoms with van der Waals surface area (Å²) in [6, 6.07) is 19.4. The molecule has 1 amide bonds. The summed E-state index contributed by atoms with van der Waals surface area (Å²) in [4.78, 5) is 25.0. The summed E-state index contributed by atoms with van der Waals surface area (Å²) < 4.78 is 49.4. The Kier molecular flexibility index (Phi) is 8.48. The summed E-state index contributed by atoms with van der Waals surface area (Å²) in [5.74, 6) is -1.75. The van der Waals surface area contributed by atoms with Crippen molar-refractivity contribution in [2.45, 2.75) is 37.3 Å². The van der Waals surface area contributed by atoms with Crippen LogP contribution in [0.15, 0.2) is 85.2 Å². The fourth-order valence-corrected chi connectivity index (χ4v) is 5.52. The number of hydrogen-bond donors (Lipinski definition) is 3. The van der Waals surface area contributed by atoms with Crippen LogP contribution in [0.5, 0.6) is 0 Å². The first-order valence-electron chi connectivity index (χ1n) is 14.2. The Morgan fingerprint density at radius 1 is 1.00 bits per heavy atom. The van der Waals surface area contributed by atoms with Gasteiger partial charge in [-0.1, -0.05) is 30.3 Å². The molecule has 1 unspecified atom stereocenters. The van der Waals surface area contributed by atoms with E-state index in [1.165, 1.54) is 48.7 Å². The predicted octanol–water partition coefficient (Wildman–Crippen LogP) is 6.20. The van der Waals surface area contributed by atoms with E-state index in [1.807, 2.05) is 24.3 Å². The Balaban J connectivity index is 1.10. The van der Waals surface area contributed by atoms with Crippen molar-refractivity contribution in [2.24, 2.45) is 0 Å². The van der Waals surface area contributed by atoms with Gasteiger partial charge >= 0.3 is 0 Å². The summed E-state index contributed by atoms with van der Waals surface area (Å²) in [6.07, 6.45) is 3.10. The van der Waals surface area contributed by atoms with Crippen LogP contribution in [0.3, 0.4) is 0 Å². The quantitative estimate of drug-likeness (QED) is 0.192. The number of halogens is 3. The Hall–Kier alpha value is -4.54. The topological polar surface area (TPSA) is 91.9 Å². The number of imidazole rings is 1. The number of carbonyl (C=O) groups excluding carboxylic acids is 1. The number of aromatic amines is 1. The number of pyridine rings is 1. The van der Waals surface area contributed by atoms with Crippen LogP contribution in [-0.4, -0.2) is 40.1 Å². The molecule has 7 nitrogen and oxygen atoms in total. The van der Waals surface area contributed by atoms with Gasteiger partial charge in [0.2, 0.25) is 5.91 Å². The molecule has 2 aromatic heterocycles. The average molecular weight is 586 g/mol. The van der Waals surface area contributed by atoms with Crippen LogP contribution < -0.4 is 10.6 Å². The first-order valence-corrected chi connectivity index (χ1v) is 14.2. The number of nitrogens with zero attached hydrogens (tertiary/aromatic N) is 2. The molecule has 220 valence electrons. The molecule has 0 bridgehead atoms. The number of anilines is 1. The third kappa shape index (κ3) is 6.60. The number of ether oxygens (including phenoxy) is 1. The van der Waals surface area contributed by atoms with Crippen LogP contribution in [0.1, 0.15) is 47.3 Å². The number of carbonyl (C=O) groups is 1. The van der Waals surface area contributed by atoms with Crippen molar-refractivity contribution in [1.82, 2.24) is 20.3 Å². The van der Waals surface area contributed by atoms with Gasteiger partial charge in [0.05, 0.1) is 36.0 Å². The van der Waals surface area contributed by atoms with Gasteiger partial charge in [-0.05, 0) is 66.4 Å². The standard InChI is InChI=1S/C33H30F3N5O2/c34-21-10-8-20(9-11-21)25(23-14-15-37-18-27(23)36)16-32(42)39-28-7-3-4-26(35)24(28)13-12-22-17-38-31(19-43-22)33-40-29-5-1-2-6-30(29)41-33/h1-11,14-15,18,22,25,31,38H,12-13,16-17,19H2,(H,39,42)(H,40,41)/t22-,25?,31+/m1/s1. The minimum absolute atomic E-state index is 0.0775. The van der Waals surface area contributed by atoms with Crippen molar-refractivity contribution in [3.8, 4) is 0 Å². The number of hydrogen-bond acceptors (Lipinski definition) is 5. The largest absolute Gasteiger partial charge is 0.375 e. The fraction of sp³-hybridized carbons (Fsp3) is 0.242. The lowest BCUT2D eigenvalue weighted by atomic mass is 9.88. The molecule has 3 N–H and O–H groups in total. The number of para-hydroxylation sites is 2. The van der Waals surface area contributed by atoms with Gasteiger partial charge in [-0.25, -0.2) is 18.2 Å². The Morgan fingerprint density at radius 3 is 2.60 bits per heavy atom. The SMILES string of the molecule is O=C(CC(c1ccc(F)cc1)c1ccncc1F)Nc1cccc(F)c1CC[C@@H]1CN[C@H](c2nc3ccccc3[nH]2)CO1. The van der Waals surface area contributed by atoms with Crippen LogP contribution in [0.25, 0.3) is 11.0 Å². The molecule has 1 saturated heterocycles. The van der Waals surface area contributed by atoms with E-state index in [0.29, 0.717) is 42.8 Å². The molecule has 3 heterocycles. The van der Waals surface area contributed by atoms with Crippen molar-refractivity contribution in [1.29, 1.82) is 0 Å². The summed E-state index contributed by atoms with van der Waals surface area (Å²) >= 11 is 0. The fourth-order valence-electron chi connectivity index (χ4n) is 5.52. The Bertz CT molecular complexity index is 1680. The lowest BCUT2D eigenvalue weighted by molar-refractivity contribution is -0.116. The van der Waals surface area contributed by atoms with Gasteiger partial charge in [-0.3, -0.25) is 9.78 Å². The second-order valence-corrected chi connectivity index (χ2v) is 10.6. The van der Waals surface area contributed by atoms with E-state index in [4.69, 9.17) is 4.74 Å². The van der Waals surface area contributed by atoms with Crippen LogP contribution >= 0.6 is 0 Å². The van der Waals surface area contributed by atoms with Gasteiger partial charge < -0.3 is 20.4 Å². The van der Waals surface area contributed by atoms with E-state index in [1.54, 1.807) is 6.07 Å².